The van der Waals surface area contributed by atoms with Crippen molar-refractivity contribution in [2.45, 2.75) is 19.8 Å². The first kappa shape index (κ1) is 9.42. The third kappa shape index (κ3) is 2.43. The van der Waals surface area contributed by atoms with Crippen molar-refractivity contribution in [2.75, 3.05) is 0 Å². The lowest BCUT2D eigenvalue weighted by Gasteiger charge is -2.11. The molecular formula is C9H14N2S. The maximum Gasteiger partial charge on any atom is 0.0423 e. The fourth-order valence-electron chi connectivity index (χ4n) is 1.13. The van der Waals surface area contributed by atoms with E-state index in [1.54, 1.807) is 5.41 Å². The van der Waals surface area contributed by atoms with Crippen LogP contribution in [-0.2, 0) is 0 Å². The Kier molecular flexibility index (Phi) is 3.44. The van der Waals surface area contributed by atoms with Crippen LogP contribution in [0.2, 0.25) is 0 Å². The van der Waals surface area contributed by atoms with Gasteiger partial charge >= 0.3 is 0 Å². The lowest BCUT2D eigenvalue weighted by atomic mass is 9.98. The van der Waals surface area contributed by atoms with Crippen molar-refractivity contribution >= 4 is 11.9 Å². The van der Waals surface area contributed by atoms with Gasteiger partial charge in [-0.3, -0.25) is 5.14 Å². The molecule has 0 unspecified atom stereocenters. The molecule has 0 aromatic rings. The quantitative estimate of drug-likeness (QED) is 0.643. The second kappa shape index (κ2) is 4.38. The van der Waals surface area contributed by atoms with Gasteiger partial charge in [0, 0.05) is 11.1 Å². The zero-order valence-corrected chi connectivity index (χ0v) is 8.03. The summed E-state index contributed by atoms with van der Waals surface area (Å²) in [4.78, 5) is 0. The highest BCUT2D eigenvalue weighted by Gasteiger charge is 2.04. The van der Waals surface area contributed by atoms with Gasteiger partial charge in [-0.25, -0.2) is 0 Å². The summed E-state index contributed by atoms with van der Waals surface area (Å²) in [6.45, 7) is 2.13. The highest BCUT2D eigenvalue weighted by molar-refractivity contribution is 8.00. The van der Waals surface area contributed by atoms with E-state index >= 15 is 0 Å². The summed E-state index contributed by atoms with van der Waals surface area (Å²) in [6.07, 6.45) is 6.32. The molecule has 0 aromatic heterocycles. The van der Waals surface area contributed by atoms with Gasteiger partial charge in [-0.05, 0) is 25.3 Å². The molecule has 2 nitrogen and oxygen atoms in total. The molecule has 0 fully saturated rings. The molecule has 1 aliphatic rings. The Morgan fingerprint density at radius 1 is 1.50 bits per heavy atom. The Labute approximate surface area is 77.5 Å². The van der Waals surface area contributed by atoms with Crippen LogP contribution in [0.5, 0.6) is 0 Å². The Morgan fingerprint density at radius 2 is 2.25 bits per heavy atom. The van der Waals surface area contributed by atoms with Crippen LogP contribution in [0.3, 0.4) is 0 Å². The summed E-state index contributed by atoms with van der Waals surface area (Å²) < 4.78 is 0. The van der Waals surface area contributed by atoms with Gasteiger partial charge in [-0.15, -0.1) is 0 Å². The van der Waals surface area contributed by atoms with Gasteiger partial charge in [0.15, 0.2) is 0 Å². The fourth-order valence-corrected chi connectivity index (χ4v) is 1.43. The molecule has 4 N–H and O–H groups in total. The fraction of sp³-hybridized carbons (Fsp3) is 0.333. The van der Waals surface area contributed by atoms with Gasteiger partial charge in [0.05, 0.1) is 0 Å². The van der Waals surface area contributed by atoms with Crippen molar-refractivity contribution in [2.24, 2.45) is 10.9 Å². The Morgan fingerprint density at radius 3 is 2.75 bits per heavy atom. The minimum Gasteiger partial charge on any atom is -0.398 e. The minimum absolute atomic E-state index is 0.797. The maximum absolute atomic E-state index is 5.77. The van der Waals surface area contributed by atoms with Crippen molar-refractivity contribution in [3.63, 3.8) is 0 Å². The molecule has 0 atom stereocenters. The van der Waals surface area contributed by atoms with E-state index < -0.39 is 0 Å². The van der Waals surface area contributed by atoms with Gasteiger partial charge in [0.2, 0.25) is 0 Å². The molecule has 12 heavy (non-hydrogen) atoms. The highest BCUT2D eigenvalue weighted by atomic mass is 32.2. The average molecular weight is 182 g/mol. The molecule has 1 aliphatic carbocycles. The second-order valence-corrected chi connectivity index (χ2v) is 3.42. The summed E-state index contributed by atoms with van der Waals surface area (Å²) in [5, 5.41) is 7.06. The van der Waals surface area contributed by atoms with E-state index in [0.29, 0.717) is 0 Å². The summed E-state index contributed by atoms with van der Waals surface area (Å²) in [6, 6.07) is 0. The normalized spacial score (nSPS) is 18.7. The Balaban J connectivity index is 2.71. The summed E-state index contributed by atoms with van der Waals surface area (Å²) in [5.74, 6) is 0. The van der Waals surface area contributed by atoms with E-state index in [4.69, 9.17) is 10.9 Å². The molecule has 1 rings (SSSR count). The molecule has 0 spiro atoms. The zero-order chi connectivity index (χ0) is 8.97. The third-order valence-corrected chi connectivity index (χ3v) is 2.31. The number of hydrogen-bond acceptors (Lipinski definition) is 3. The first-order chi connectivity index (χ1) is 5.74. The first-order valence-electron chi connectivity index (χ1n) is 3.92. The topological polar surface area (TPSA) is 52.0 Å². The molecule has 66 valence electrons. The Bertz CT molecular complexity index is 251. The zero-order valence-electron chi connectivity index (χ0n) is 7.21. The molecular weight excluding hydrogens is 168 g/mol. The monoisotopic (exact) mass is 182 g/mol. The van der Waals surface area contributed by atoms with Gasteiger partial charge in [-0.2, -0.15) is 0 Å². The molecule has 0 amide bonds. The number of hydrogen-bond donors (Lipinski definition) is 2. The van der Waals surface area contributed by atoms with Crippen molar-refractivity contribution in [3.8, 4) is 0 Å². The Hall–Kier alpha value is -0.670. The van der Waals surface area contributed by atoms with Crippen LogP contribution in [0.1, 0.15) is 19.8 Å². The molecule has 0 heterocycles. The lowest BCUT2D eigenvalue weighted by Crippen LogP contribution is -2.03. The predicted molar refractivity (Wildman–Crippen MR) is 55.1 cm³/mol. The van der Waals surface area contributed by atoms with Crippen LogP contribution in [-0.4, -0.2) is 0 Å². The van der Waals surface area contributed by atoms with Crippen LogP contribution in [0.4, 0.5) is 0 Å². The van der Waals surface area contributed by atoms with Crippen molar-refractivity contribution in [1.82, 2.24) is 0 Å². The van der Waals surface area contributed by atoms with E-state index in [9.17, 15) is 0 Å². The molecule has 0 bridgehead atoms. The third-order valence-electron chi connectivity index (χ3n) is 1.92. The average Bonchev–Trinajstić information content (AvgIpc) is 2.06. The van der Waals surface area contributed by atoms with E-state index in [-0.39, 0.29) is 0 Å². The number of allylic oxidation sites excluding steroid dienone is 4. The highest BCUT2D eigenvalue weighted by Crippen LogP contribution is 2.21. The summed E-state index contributed by atoms with van der Waals surface area (Å²) in [7, 11) is 0. The van der Waals surface area contributed by atoms with Gasteiger partial charge in [-0.1, -0.05) is 29.7 Å². The van der Waals surface area contributed by atoms with Crippen molar-refractivity contribution in [3.05, 3.63) is 34.4 Å². The van der Waals surface area contributed by atoms with Gasteiger partial charge in [0.1, 0.15) is 0 Å². The van der Waals surface area contributed by atoms with Crippen molar-refractivity contribution < 1.29 is 0 Å². The van der Waals surface area contributed by atoms with Crippen LogP contribution in [0.15, 0.2) is 34.4 Å². The maximum atomic E-state index is 5.77. The number of nitrogens with two attached hydrogens (primary N) is 2. The SMILES string of the molecule is CC1=CC=C(/C(N)=C/SN)CC1. The minimum atomic E-state index is 0.797. The van der Waals surface area contributed by atoms with E-state index in [0.717, 1.165) is 30.5 Å². The van der Waals surface area contributed by atoms with Crippen LogP contribution in [0, 0.1) is 0 Å². The van der Waals surface area contributed by atoms with E-state index in [1.165, 1.54) is 11.1 Å². The smallest absolute Gasteiger partial charge is 0.0423 e. The summed E-state index contributed by atoms with van der Waals surface area (Å²) in [5.41, 5.74) is 9.17. The lowest BCUT2D eigenvalue weighted by molar-refractivity contribution is 0.909. The standard InChI is InChI=1S/C9H14N2S/c1-7-2-4-8(5-3-7)9(10)6-12-11/h2,4,6H,3,5,10-11H2,1H3/b9-6-. The van der Waals surface area contributed by atoms with Crippen molar-refractivity contribution in [1.29, 1.82) is 0 Å². The van der Waals surface area contributed by atoms with Gasteiger partial charge < -0.3 is 5.73 Å². The molecule has 0 aromatic carbocycles. The molecule has 0 saturated heterocycles. The largest absolute Gasteiger partial charge is 0.398 e. The second-order valence-electron chi connectivity index (χ2n) is 2.91. The predicted octanol–water partition coefficient (Wildman–Crippen LogP) is 2.06. The van der Waals surface area contributed by atoms with E-state index in [2.05, 4.69) is 19.1 Å². The first-order valence-corrected chi connectivity index (χ1v) is 4.86. The summed E-state index contributed by atoms with van der Waals surface area (Å²) >= 11 is 1.16. The van der Waals surface area contributed by atoms with E-state index in [1.807, 2.05) is 0 Å². The molecule has 0 radical (unpaired) electrons. The molecule has 0 aliphatic heterocycles. The molecule has 0 saturated carbocycles. The molecule has 3 heteroatoms. The van der Waals surface area contributed by atoms with Crippen LogP contribution < -0.4 is 10.9 Å². The van der Waals surface area contributed by atoms with Crippen LogP contribution >= 0.6 is 11.9 Å². The van der Waals surface area contributed by atoms with Crippen LogP contribution in [0.25, 0.3) is 0 Å². The van der Waals surface area contributed by atoms with Gasteiger partial charge in [0.25, 0.3) is 0 Å². The number of rotatable bonds is 2.